The number of carbonyl (C=O) groups excluding carboxylic acids is 2. The number of thioether (sulfide) groups is 1. The molecule has 4 rings (SSSR count). The highest BCUT2D eigenvalue weighted by Gasteiger charge is 2.54. The molecule has 0 unspecified atom stereocenters. The second kappa shape index (κ2) is 7.13. The number of amides is 2. The number of aromatic nitrogens is 1. The Morgan fingerprint density at radius 1 is 1.48 bits per heavy atom. The van der Waals surface area contributed by atoms with E-state index in [0.29, 0.717) is 28.8 Å². The first-order chi connectivity index (χ1) is 13.0. The Morgan fingerprint density at radius 2 is 2.30 bits per heavy atom. The second-order valence-corrected chi connectivity index (χ2v) is 8.48. The van der Waals surface area contributed by atoms with Gasteiger partial charge in [-0.15, -0.1) is 23.1 Å². The molecule has 2 amide bonds. The summed E-state index contributed by atoms with van der Waals surface area (Å²) in [6.45, 7) is 0.600. The number of β-lactam (4-membered cyclic amide) rings is 1. The summed E-state index contributed by atoms with van der Waals surface area (Å²) in [5.41, 5.74) is 6.75. The fourth-order valence-electron chi connectivity index (χ4n) is 3.53. The summed E-state index contributed by atoms with van der Waals surface area (Å²) in [4.78, 5) is 41.9. The van der Waals surface area contributed by atoms with Gasteiger partial charge in [-0.25, -0.2) is 9.78 Å². The number of hydrogen-bond donors (Lipinski definition) is 3. The average Bonchev–Trinajstić information content (AvgIpc) is 3.30. The van der Waals surface area contributed by atoms with Gasteiger partial charge in [-0.2, -0.15) is 0 Å². The molecule has 1 aromatic heterocycles. The van der Waals surface area contributed by atoms with Crippen molar-refractivity contribution in [3.63, 3.8) is 0 Å². The third kappa shape index (κ3) is 3.30. The number of thiazole rings is 1. The average molecular weight is 410 g/mol. The van der Waals surface area contributed by atoms with Gasteiger partial charge < -0.3 is 20.9 Å². The van der Waals surface area contributed by atoms with Gasteiger partial charge in [0.15, 0.2) is 5.13 Å². The van der Waals surface area contributed by atoms with Crippen LogP contribution < -0.4 is 11.1 Å². The summed E-state index contributed by atoms with van der Waals surface area (Å²) >= 11 is 2.69. The van der Waals surface area contributed by atoms with Crippen molar-refractivity contribution in [1.29, 1.82) is 0 Å². The summed E-state index contributed by atoms with van der Waals surface area (Å²) in [7, 11) is 0. The van der Waals surface area contributed by atoms with Crippen LogP contribution in [0.3, 0.4) is 0 Å². The number of hydrogen-bond acceptors (Lipinski definition) is 8. The van der Waals surface area contributed by atoms with Gasteiger partial charge in [-0.05, 0) is 18.4 Å². The van der Waals surface area contributed by atoms with Crippen LogP contribution in [0.4, 0.5) is 5.13 Å². The molecule has 0 radical (unpaired) electrons. The van der Waals surface area contributed by atoms with E-state index in [1.54, 1.807) is 5.38 Å². The van der Waals surface area contributed by atoms with Crippen molar-refractivity contribution in [2.75, 3.05) is 18.1 Å². The van der Waals surface area contributed by atoms with Crippen LogP contribution in [-0.2, 0) is 25.5 Å². The predicted octanol–water partition coefficient (Wildman–Crippen LogP) is 0.185. The number of ether oxygens (including phenoxy) is 1. The largest absolute Gasteiger partial charge is 0.477 e. The lowest BCUT2D eigenvalue weighted by Crippen LogP contribution is -2.70. The molecule has 1 aromatic rings. The molecular weight excluding hydrogens is 392 g/mol. The molecule has 2 fully saturated rings. The number of rotatable bonds is 5. The highest BCUT2D eigenvalue weighted by molar-refractivity contribution is 8.00. The van der Waals surface area contributed by atoms with Gasteiger partial charge in [0.2, 0.25) is 5.91 Å². The van der Waals surface area contributed by atoms with E-state index in [4.69, 9.17) is 10.5 Å². The van der Waals surface area contributed by atoms with E-state index in [2.05, 4.69) is 10.3 Å². The first-order valence-corrected chi connectivity index (χ1v) is 10.4. The monoisotopic (exact) mass is 410 g/mol. The maximum absolute atomic E-state index is 12.6. The van der Waals surface area contributed by atoms with Gasteiger partial charge in [0.1, 0.15) is 17.1 Å². The first-order valence-electron chi connectivity index (χ1n) is 8.47. The van der Waals surface area contributed by atoms with Gasteiger partial charge in [-0.3, -0.25) is 14.5 Å². The molecule has 0 bridgehead atoms. The lowest BCUT2D eigenvalue weighted by molar-refractivity contribution is -0.150. The lowest BCUT2D eigenvalue weighted by Gasteiger charge is -2.49. The molecule has 0 aliphatic carbocycles. The number of carbonyl (C=O) groups is 3. The number of aliphatic carboxylic acids is 1. The van der Waals surface area contributed by atoms with Crippen molar-refractivity contribution in [3.8, 4) is 0 Å². The molecule has 4 heterocycles. The molecule has 3 atom stereocenters. The smallest absolute Gasteiger partial charge is 0.352 e. The fraction of sp³-hybridized carbons (Fsp3) is 0.500. The molecule has 0 spiro atoms. The summed E-state index contributed by atoms with van der Waals surface area (Å²) in [5.74, 6) is -1.42. The van der Waals surface area contributed by atoms with E-state index in [-0.39, 0.29) is 24.1 Å². The SMILES string of the molecule is Nc1nc(CC(=O)N[C@@H]2C(=O)N3C(C(=O)O)=C([C@@H]4CCCO4)CS[C@H]23)cs1. The van der Waals surface area contributed by atoms with E-state index in [9.17, 15) is 19.5 Å². The highest BCUT2D eigenvalue weighted by atomic mass is 32.2. The van der Waals surface area contributed by atoms with Crippen molar-refractivity contribution < 1.29 is 24.2 Å². The number of fused-ring (bicyclic) bond motifs is 1. The maximum atomic E-state index is 12.6. The van der Waals surface area contributed by atoms with Gasteiger partial charge >= 0.3 is 5.97 Å². The van der Waals surface area contributed by atoms with Gasteiger partial charge in [0, 0.05) is 17.7 Å². The first kappa shape index (κ1) is 18.3. The molecule has 2 saturated heterocycles. The number of carboxylic acids is 1. The minimum atomic E-state index is -1.14. The van der Waals surface area contributed by atoms with Crippen LogP contribution in [0.2, 0.25) is 0 Å². The number of nitrogens with two attached hydrogens (primary N) is 1. The summed E-state index contributed by atoms with van der Waals surface area (Å²) < 4.78 is 5.62. The Hall–Kier alpha value is -2.11. The van der Waals surface area contributed by atoms with E-state index in [0.717, 1.165) is 12.8 Å². The molecule has 4 N–H and O–H groups in total. The van der Waals surface area contributed by atoms with Gasteiger partial charge in [0.05, 0.1) is 18.2 Å². The zero-order valence-electron chi connectivity index (χ0n) is 14.2. The minimum absolute atomic E-state index is 0.00780. The Kier molecular flexibility index (Phi) is 4.82. The predicted molar refractivity (Wildman–Crippen MR) is 98.9 cm³/mol. The van der Waals surface area contributed by atoms with Crippen molar-refractivity contribution in [1.82, 2.24) is 15.2 Å². The number of nitrogens with zero attached hydrogens (tertiary/aromatic N) is 2. The summed E-state index contributed by atoms with van der Waals surface area (Å²) in [6, 6.07) is -0.737. The molecule has 11 heteroatoms. The van der Waals surface area contributed by atoms with Crippen LogP contribution in [0, 0.1) is 0 Å². The normalized spacial score (nSPS) is 27.3. The number of nitrogen functional groups attached to an aromatic ring is 1. The van der Waals surface area contributed by atoms with Crippen LogP contribution in [0.1, 0.15) is 18.5 Å². The number of carboxylic acid groups (broad SMARTS) is 1. The standard InChI is InChI=1S/C16H18N4O5S2/c17-16-18-7(5-27-16)4-10(21)19-11-13(22)20-12(15(23)24)8(6-26-14(11)20)9-2-1-3-25-9/h5,9,11,14H,1-4,6H2,(H2,17,18)(H,19,21)(H,23,24)/t9-,11+,14+/m0/s1. The van der Waals surface area contributed by atoms with E-state index in [1.807, 2.05) is 0 Å². The molecule has 0 saturated carbocycles. The van der Waals surface area contributed by atoms with Crippen LogP contribution in [0.15, 0.2) is 16.7 Å². The Morgan fingerprint density at radius 3 is 2.93 bits per heavy atom. The van der Waals surface area contributed by atoms with Crippen molar-refractivity contribution >= 4 is 46.0 Å². The molecule has 0 aromatic carbocycles. The number of anilines is 1. The third-order valence-corrected chi connectivity index (χ3v) is 6.77. The fourth-order valence-corrected chi connectivity index (χ4v) is 5.51. The molecule has 3 aliphatic rings. The topological polar surface area (TPSA) is 135 Å². The van der Waals surface area contributed by atoms with E-state index in [1.165, 1.54) is 28.0 Å². The zero-order valence-corrected chi connectivity index (χ0v) is 15.8. The van der Waals surface area contributed by atoms with Crippen molar-refractivity contribution in [3.05, 3.63) is 22.3 Å². The van der Waals surface area contributed by atoms with Gasteiger partial charge in [-0.1, -0.05) is 0 Å². The third-order valence-electron chi connectivity index (χ3n) is 4.75. The maximum Gasteiger partial charge on any atom is 0.352 e. The Balaban J connectivity index is 1.47. The van der Waals surface area contributed by atoms with Crippen LogP contribution in [0.25, 0.3) is 0 Å². The Labute approximate surface area is 162 Å². The molecule has 3 aliphatic heterocycles. The zero-order chi connectivity index (χ0) is 19.1. The van der Waals surface area contributed by atoms with Gasteiger partial charge in [0.25, 0.3) is 5.91 Å². The lowest BCUT2D eigenvalue weighted by atomic mass is 9.99. The Bertz CT molecular complexity index is 833. The molecule has 27 heavy (non-hydrogen) atoms. The quantitative estimate of drug-likeness (QED) is 0.586. The van der Waals surface area contributed by atoms with Crippen LogP contribution >= 0.6 is 23.1 Å². The second-order valence-electron chi connectivity index (χ2n) is 6.49. The highest BCUT2D eigenvalue weighted by Crippen LogP contribution is 2.42. The van der Waals surface area contributed by atoms with Crippen LogP contribution in [-0.4, -0.2) is 62.7 Å². The minimum Gasteiger partial charge on any atom is -0.477 e. The number of nitrogens with one attached hydrogen (secondary N) is 1. The van der Waals surface area contributed by atoms with Crippen molar-refractivity contribution in [2.45, 2.75) is 36.8 Å². The van der Waals surface area contributed by atoms with Crippen molar-refractivity contribution in [2.24, 2.45) is 0 Å². The van der Waals surface area contributed by atoms with E-state index >= 15 is 0 Å². The molecular formula is C16H18N4O5S2. The molecule has 144 valence electrons. The summed E-state index contributed by atoms with van der Waals surface area (Å²) in [5, 5.41) is 14.0. The summed E-state index contributed by atoms with van der Waals surface area (Å²) in [6.07, 6.45) is 1.41. The van der Waals surface area contributed by atoms with E-state index < -0.39 is 23.3 Å². The molecule has 9 nitrogen and oxygen atoms in total. The van der Waals surface area contributed by atoms with Crippen LogP contribution in [0.5, 0.6) is 0 Å².